The summed E-state index contributed by atoms with van der Waals surface area (Å²) in [5.41, 5.74) is 0. The van der Waals surface area contributed by atoms with E-state index in [4.69, 9.17) is 0 Å². The Kier molecular flexibility index (Phi) is 14.4. The maximum Gasteiger partial charge on any atom is 0.266 e. The van der Waals surface area contributed by atoms with Crippen molar-refractivity contribution in [1.29, 1.82) is 0 Å². The van der Waals surface area contributed by atoms with E-state index in [0.29, 0.717) is 11.8 Å². The Bertz CT molecular complexity index is 67.5. The van der Waals surface area contributed by atoms with Crippen molar-refractivity contribution in [2.75, 3.05) is 5.33 Å². The molecule has 0 saturated heterocycles. The van der Waals surface area contributed by atoms with Crippen molar-refractivity contribution >= 4 is 15.9 Å². The fourth-order valence-electron chi connectivity index (χ4n) is 0.164. The highest BCUT2D eigenvalue weighted by atomic mass is 79.9. The zero-order valence-electron chi connectivity index (χ0n) is 5.63. The molecule has 0 nitrogen and oxygen atoms in total. The quantitative estimate of drug-likeness (QED) is 0.599. The van der Waals surface area contributed by atoms with Crippen LogP contribution in [0.2, 0.25) is 0 Å². The number of halogens is 3. The monoisotopic (exact) mass is 200 g/mol. The standard InChI is InChI=1S/C4H5BrF2.C2H6/c5-3-1-2-4(6)7;1-2/h2H,1,3H2;1-2H3. The van der Waals surface area contributed by atoms with E-state index in [2.05, 4.69) is 15.9 Å². The molecule has 0 bridgehead atoms. The molecule has 0 spiro atoms. The van der Waals surface area contributed by atoms with Crippen molar-refractivity contribution in [3.05, 3.63) is 12.2 Å². The zero-order valence-corrected chi connectivity index (χ0v) is 7.21. The smallest absolute Gasteiger partial charge is 0.174 e. The van der Waals surface area contributed by atoms with Crippen LogP contribution in [0.5, 0.6) is 0 Å². The summed E-state index contributed by atoms with van der Waals surface area (Å²) in [5, 5.41) is 0.602. The van der Waals surface area contributed by atoms with Crippen LogP contribution in [-0.4, -0.2) is 5.33 Å². The highest BCUT2D eigenvalue weighted by Gasteiger charge is 1.83. The molecule has 0 fully saturated rings. The number of alkyl halides is 1. The summed E-state index contributed by atoms with van der Waals surface area (Å²) in [6.45, 7) is 4.00. The van der Waals surface area contributed by atoms with Gasteiger partial charge in [-0.1, -0.05) is 29.8 Å². The van der Waals surface area contributed by atoms with Gasteiger partial charge in [-0.05, 0) is 12.5 Å². The Morgan fingerprint density at radius 2 is 1.89 bits per heavy atom. The lowest BCUT2D eigenvalue weighted by molar-refractivity contribution is 0.418. The van der Waals surface area contributed by atoms with Crippen LogP contribution in [0.3, 0.4) is 0 Å². The molecule has 0 aromatic rings. The third kappa shape index (κ3) is 17.9. The second-order valence-electron chi connectivity index (χ2n) is 0.971. The number of rotatable bonds is 2. The third-order valence-corrected chi connectivity index (χ3v) is 0.866. The summed E-state index contributed by atoms with van der Waals surface area (Å²) in [4.78, 5) is 0. The van der Waals surface area contributed by atoms with E-state index in [1.54, 1.807) is 0 Å². The molecule has 0 rings (SSSR count). The molecule has 0 aliphatic heterocycles. The molecule has 0 radical (unpaired) electrons. The predicted octanol–water partition coefficient (Wildman–Crippen LogP) is 3.58. The first kappa shape index (κ1) is 11.8. The van der Waals surface area contributed by atoms with Crippen LogP contribution in [0, 0.1) is 0 Å². The van der Waals surface area contributed by atoms with E-state index in [1.807, 2.05) is 13.8 Å². The van der Waals surface area contributed by atoms with Crippen LogP contribution in [0.15, 0.2) is 12.2 Å². The van der Waals surface area contributed by atoms with Crippen molar-refractivity contribution in [1.82, 2.24) is 0 Å². The van der Waals surface area contributed by atoms with Gasteiger partial charge in [0.15, 0.2) is 0 Å². The largest absolute Gasteiger partial charge is 0.266 e. The Morgan fingerprint density at radius 1 is 1.44 bits per heavy atom. The number of allylic oxidation sites excluding steroid dienone is 1. The molecule has 0 N–H and O–H groups in total. The Labute approximate surface area is 63.1 Å². The van der Waals surface area contributed by atoms with Crippen LogP contribution in [0.25, 0.3) is 0 Å². The summed E-state index contributed by atoms with van der Waals surface area (Å²) in [7, 11) is 0. The highest BCUT2D eigenvalue weighted by molar-refractivity contribution is 9.09. The fourth-order valence-corrected chi connectivity index (χ4v) is 0.393. The molecular formula is C6H11BrF2. The molecule has 3 heteroatoms. The summed E-state index contributed by atoms with van der Waals surface area (Å²) < 4.78 is 22.1. The van der Waals surface area contributed by atoms with Gasteiger partial charge in [0.05, 0.1) is 0 Å². The maximum absolute atomic E-state index is 11.1. The lowest BCUT2D eigenvalue weighted by atomic mass is 10.5. The van der Waals surface area contributed by atoms with Gasteiger partial charge in [-0.25, -0.2) is 0 Å². The molecular weight excluding hydrogens is 190 g/mol. The second-order valence-corrected chi connectivity index (χ2v) is 1.76. The zero-order chi connectivity index (χ0) is 7.70. The predicted molar refractivity (Wildman–Crippen MR) is 40.1 cm³/mol. The minimum atomic E-state index is -1.60. The normalized spacial score (nSPS) is 7.22. The van der Waals surface area contributed by atoms with E-state index in [9.17, 15) is 8.78 Å². The Hall–Kier alpha value is 0.0800. The molecule has 0 heterocycles. The van der Waals surface area contributed by atoms with E-state index in [1.165, 1.54) is 0 Å². The van der Waals surface area contributed by atoms with E-state index >= 15 is 0 Å². The lowest BCUT2D eigenvalue weighted by Crippen LogP contribution is -1.65. The van der Waals surface area contributed by atoms with Crippen molar-refractivity contribution in [3.63, 3.8) is 0 Å². The van der Waals surface area contributed by atoms with Crippen LogP contribution in [0.4, 0.5) is 8.78 Å². The molecule has 0 unspecified atom stereocenters. The Balaban J connectivity index is 0. The number of hydrogen-bond donors (Lipinski definition) is 0. The summed E-state index contributed by atoms with van der Waals surface area (Å²) >= 11 is 3.00. The summed E-state index contributed by atoms with van der Waals surface area (Å²) in [6, 6.07) is 0. The second kappa shape index (κ2) is 11.0. The summed E-state index contributed by atoms with van der Waals surface area (Å²) in [5.74, 6) is 0. The summed E-state index contributed by atoms with van der Waals surface area (Å²) in [6.07, 6.45) is -0.309. The number of hydrogen-bond acceptors (Lipinski definition) is 0. The van der Waals surface area contributed by atoms with Crippen LogP contribution < -0.4 is 0 Å². The molecule has 0 atom stereocenters. The van der Waals surface area contributed by atoms with Gasteiger partial charge >= 0.3 is 0 Å². The maximum atomic E-state index is 11.1. The topological polar surface area (TPSA) is 0 Å². The van der Waals surface area contributed by atoms with E-state index in [0.717, 1.165) is 6.08 Å². The van der Waals surface area contributed by atoms with Crippen molar-refractivity contribution in [2.24, 2.45) is 0 Å². The van der Waals surface area contributed by atoms with Gasteiger partial charge in [0.1, 0.15) is 0 Å². The van der Waals surface area contributed by atoms with Crippen molar-refractivity contribution < 1.29 is 8.78 Å². The molecule has 56 valence electrons. The van der Waals surface area contributed by atoms with Gasteiger partial charge in [0.25, 0.3) is 6.08 Å². The third-order valence-electron chi connectivity index (χ3n) is 0.408. The minimum Gasteiger partial charge on any atom is -0.174 e. The fraction of sp³-hybridized carbons (Fsp3) is 0.667. The SMILES string of the molecule is CC.FC(F)=CCCBr. The van der Waals surface area contributed by atoms with Crippen LogP contribution in [-0.2, 0) is 0 Å². The van der Waals surface area contributed by atoms with Crippen LogP contribution in [0.1, 0.15) is 20.3 Å². The molecule has 0 amide bonds. The molecule has 0 aliphatic carbocycles. The molecule has 0 saturated carbocycles. The average molecular weight is 201 g/mol. The van der Waals surface area contributed by atoms with Crippen molar-refractivity contribution in [2.45, 2.75) is 20.3 Å². The van der Waals surface area contributed by atoms with Crippen LogP contribution >= 0.6 is 15.9 Å². The minimum absolute atomic E-state index is 0.405. The van der Waals surface area contributed by atoms with Gasteiger partial charge < -0.3 is 0 Å². The van der Waals surface area contributed by atoms with E-state index in [-0.39, 0.29) is 0 Å². The van der Waals surface area contributed by atoms with Gasteiger partial charge in [-0.15, -0.1) is 0 Å². The highest BCUT2D eigenvalue weighted by Crippen LogP contribution is 1.99. The van der Waals surface area contributed by atoms with E-state index < -0.39 is 6.08 Å². The average Bonchev–Trinajstić information content (AvgIpc) is 1.88. The van der Waals surface area contributed by atoms with Crippen molar-refractivity contribution in [3.8, 4) is 0 Å². The Morgan fingerprint density at radius 3 is 2.00 bits per heavy atom. The van der Waals surface area contributed by atoms with Gasteiger partial charge in [-0.2, -0.15) is 8.78 Å². The first-order valence-corrected chi connectivity index (χ1v) is 3.96. The first-order valence-electron chi connectivity index (χ1n) is 2.84. The molecule has 0 aliphatic rings. The molecule has 0 aromatic heterocycles. The van der Waals surface area contributed by atoms with Gasteiger partial charge in [0, 0.05) is 5.33 Å². The first-order chi connectivity index (χ1) is 4.27. The molecule has 0 aromatic carbocycles. The molecule has 9 heavy (non-hydrogen) atoms. The lowest BCUT2D eigenvalue weighted by Gasteiger charge is -1.77. The van der Waals surface area contributed by atoms with Gasteiger partial charge in [0.2, 0.25) is 0 Å². The van der Waals surface area contributed by atoms with Gasteiger partial charge in [-0.3, -0.25) is 0 Å².